The number of rotatable bonds is 4. The Morgan fingerprint density at radius 3 is 2.71 bits per heavy atom. The highest BCUT2D eigenvalue weighted by atomic mass is 16.5. The lowest BCUT2D eigenvalue weighted by atomic mass is 9.82. The molecule has 4 nitrogen and oxygen atoms in total. The molecule has 0 spiro atoms. The van der Waals surface area contributed by atoms with Gasteiger partial charge in [0, 0.05) is 19.8 Å². The zero-order valence-corrected chi connectivity index (χ0v) is 10.4. The fraction of sp³-hybridized carbons (Fsp3) is 0.923. The highest BCUT2D eigenvalue weighted by Gasteiger charge is 2.35. The van der Waals surface area contributed by atoms with E-state index in [9.17, 15) is 4.79 Å². The summed E-state index contributed by atoms with van der Waals surface area (Å²) in [4.78, 5) is 13.7. The minimum absolute atomic E-state index is 0.274. The summed E-state index contributed by atoms with van der Waals surface area (Å²) in [5.74, 6) is 0.459. The molecule has 0 aromatic heterocycles. The second kappa shape index (κ2) is 5.94. The third-order valence-corrected chi connectivity index (χ3v) is 4.11. The Kier molecular flexibility index (Phi) is 4.54. The van der Waals surface area contributed by atoms with E-state index in [1.165, 1.54) is 0 Å². The molecule has 1 unspecified atom stereocenters. The van der Waals surface area contributed by atoms with E-state index in [2.05, 4.69) is 4.90 Å². The highest BCUT2D eigenvalue weighted by molar-refractivity contribution is 5.60. The Hall–Kier alpha value is -0.450. The predicted octanol–water partition coefficient (Wildman–Crippen LogP) is 0.686. The minimum Gasteiger partial charge on any atom is -0.396 e. The molecule has 2 aliphatic heterocycles. The van der Waals surface area contributed by atoms with Crippen molar-refractivity contribution in [2.75, 3.05) is 39.5 Å². The molecule has 2 rings (SSSR count). The van der Waals surface area contributed by atoms with Gasteiger partial charge in [-0.3, -0.25) is 0 Å². The molecule has 4 heteroatoms. The number of ether oxygens (including phenoxy) is 1. The van der Waals surface area contributed by atoms with Crippen molar-refractivity contribution < 1.29 is 14.6 Å². The van der Waals surface area contributed by atoms with Gasteiger partial charge in [-0.25, -0.2) is 0 Å². The van der Waals surface area contributed by atoms with E-state index >= 15 is 0 Å². The molecule has 1 N–H and O–H groups in total. The van der Waals surface area contributed by atoms with Gasteiger partial charge in [-0.05, 0) is 44.7 Å². The SMILES string of the molecule is O=CC1(CN2CCC(CO)CC2)CCCOC1. The van der Waals surface area contributed by atoms with Gasteiger partial charge in [0.2, 0.25) is 0 Å². The van der Waals surface area contributed by atoms with Crippen LogP contribution in [0.3, 0.4) is 0 Å². The van der Waals surface area contributed by atoms with Gasteiger partial charge in [-0.1, -0.05) is 0 Å². The number of aliphatic hydroxyl groups excluding tert-OH is 1. The van der Waals surface area contributed by atoms with Gasteiger partial charge in [0.05, 0.1) is 12.0 Å². The van der Waals surface area contributed by atoms with Crippen LogP contribution in [-0.2, 0) is 9.53 Å². The van der Waals surface area contributed by atoms with E-state index in [0.29, 0.717) is 19.1 Å². The summed E-state index contributed by atoms with van der Waals surface area (Å²) in [5, 5.41) is 9.10. The first-order valence-corrected chi connectivity index (χ1v) is 6.65. The summed E-state index contributed by atoms with van der Waals surface area (Å²) in [5.41, 5.74) is -0.274. The lowest BCUT2D eigenvalue weighted by molar-refractivity contribution is -0.126. The second-order valence-electron chi connectivity index (χ2n) is 5.54. The molecule has 98 valence electrons. The summed E-state index contributed by atoms with van der Waals surface area (Å²) in [7, 11) is 0. The van der Waals surface area contributed by atoms with Crippen molar-refractivity contribution in [3.8, 4) is 0 Å². The van der Waals surface area contributed by atoms with Gasteiger partial charge in [-0.2, -0.15) is 0 Å². The van der Waals surface area contributed by atoms with Gasteiger partial charge < -0.3 is 19.5 Å². The first-order chi connectivity index (χ1) is 8.28. The molecular weight excluding hydrogens is 218 g/mol. The number of aliphatic hydroxyl groups is 1. The van der Waals surface area contributed by atoms with Gasteiger partial charge in [0.1, 0.15) is 6.29 Å². The number of carbonyl (C=O) groups excluding carboxylic acids is 1. The van der Waals surface area contributed by atoms with Crippen molar-refractivity contribution in [1.29, 1.82) is 0 Å². The quantitative estimate of drug-likeness (QED) is 0.736. The molecule has 0 aromatic carbocycles. The lowest BCUT2D eigenvalue weighted by Crippen LogP contribution is -2.47. The number of carbonyl (C=O) groups is 1. The molecular formula is C13H23NO3. The van der Waals surface area contributed by atoms with E-state index < -0.39 is 0 Å². The molecule has 0 aromatic rings. The first kappa shape index (κ1) is 13.0. The van der Waals surface area contributed by atoms with Crippen molar-refractivity contribution in [1.82, 2.24) is 4.90 Å². The van der Waals surface area contributed by atoms with Crippen LogP contribution < -0.4 is 0 Å². The maximum absolute atomic E-state index is 11.3. The van der Waals surface area contributed by atoms with Crippen LogP contribution in [0.2, 0.25) is 0 Å². The number of hydrogen-bond donors (Lipinski definition) is 1. The molecule has 17 heavy (non-hydrogen) atoms. The van der Waals surface area contributed by atoms with Crippen LogP contribution in [0.25, 0.3) is 0 Å². The van der Waals surface area contributed by atoms with E-state index in [4.69, 9.17) is 9.84 Å². The normalized spacial score (nSPS) is 32.5. The highest BCUT2D eigenvalue weighted by Crippen LogP contribution is 2.29. The number of likely N-dealkylation sites (tertiary alicyclic amines) is 1. The van der Waals surface area contributed by atoms with Crippen LogP contribution in [0.15, 0.2) is 0 Å². The molecule has 2 heterocycles. The average Bonchev–Trinajstić information content (AvgIpc) is 2.41. The fourth-order valence-electron chi connectivity index (χ4n) is 2.90. The predicted molar refractivity (Wildman–Crippen MR) is 64.8 cm³/mol. The van der Waals surface area contributed by atoms with Crippen LogP contribution in [0, 0.1) is 11.3 Å². The maximum atomic E-state index is 11.3. The Bertz CT molecular complexity index is 243. The summed E-state index contributed by atoms with van der Waals surface area (Å²) < 4.78 is 5.46. The molecule has 2 fully saturated rings. The Morgan fingerprint density at radius 2 is 2.18 bits per heavy atom. The standard InChI is InChI=1S/C13H23NO3/c15-8-12-2-5-14(6-3-12)9-13(10-16)4-1-7-17-11-13/h10,12,15H,1-9,11H2. The average molecular weight is 241 g/mol. The number of piperidine rings is 1. The van der Waals surface area contributed by atoms with Crippen LogP contribution in [0.1, 0.15) is 25.7 Å². The van der Waals surface area contributed by atoms with Gasteiger partial charge in [0.15, 0.2) is 0 Å². The minimum atomic E-state index is -0.274. The number of nitrogens with zero attached hydrogens (tertiary/aromatic N) is 1. The van der Waals surface area contributed by atoms with E-state index in [-0.39, 0.29) is 5.41 Å². The van der Waals surface area contributed by atoms with E-state index in [1.807, 2.05) is 0 Å². The van der Waals surface area contributed by atoms with Gasteiger partial charge in [-0.15, -0.1) is 0 Å². The van der Waals surface area contributed by atoms with Crippen molar-refractivity contribution in [3.63, 3.8) is 0 Å². The molecule has 0 bridgehead atoms. The summed E-state index contributed by atoms with van der Waals surface area (Å²) in [6.07, 6.45) is 5.14. The van der Waals surface area contributed by atoms with Crippen molar-refractivity contribution in [2.45, 2.75) is 25.7 Å². The zero-order chi connectivity index (χ0) is 12.1. The van der Waals surface area contributed by atoms with Gasteiger partial charge >= 0.3 is 0 Å². The molecule has 2 saturated heterocycles. The molecule has 0 saturated carbocycles. The third kappa shape index (κ3) is 3.27. The molecule has 2 aliphatic rings. The maximum Gasteiger partial charge on any atom is 0.129 e. The zero-order valence-electron chi connectivity index (χ0n) is 10.4. The topological polar surface area (TPSA) is 49.8 Å². The Morgan fingerprint density at radius 1 is 1.41 bits per heavy atom. The molecule has 0 amide bonds. The van der Waals surface area contributed by atoms with Crippen LogP contribution in [0.5, 0.6) is 0 Å². The lowest BCUT2D eigenvalue weighted by Gasteiger charge is -2.39. The van der Waals surface area contributed by atoms with Crippen LogP contribution >= 0.6 is 0 Å². The first-order valence-electron chi connectivity index (χ1n) is 6.65. The smallest absolute Gasteiger partial charge is 0.129 e. The second-order valence-corrected chi connectivity index (χ2v) is 5.54. The van der Waals surface area contributed by atoms with Crippen molar-refractivity contribution >= 4 is 6.29 Å². The van der Waals surface area contributed by atoms with Gasteiger partial charge in [0.25, 0.3) is 0 Å². The fourth-order valence-corrected chi connectivity index (χ4v) is 2.90. The largest absolute Gasteiger partial charge is 0.396 e. The van der Waals surface area contributed by atoms with Crippen LogP contribution in [0.4, 0.5) is 0 Å². The Labute approximate surface area is 103 Å². The monoisotopic (exact) mass is 241 g/mol. The van der Waals surface area contributed by atoms with Crippen molar-refractivity contribution in [2.24, 2.45) is 11.3 Å². The number of aldehydes is 1. The van der Waals surface area contributed by atoms with E-state index in [1.54, 1.807) is 0 Å². The summed E-state index contributed by atoms with van der Waals surface area (Å²) in [6.45, 7) is 4.50. The molecule has 0 radical (unpaired) electrons. The summed E-state index contributed by atoms with van der Waals surface area (Å²) in [6, 6.07) is 0. The van der Waals surface area contributed by atoms with Crippen molar-refractivity contribution in [3.05, 3.63) is 0 Å². The molecule has 1 atom stereocenters. The Balaban J connectivity index is 1.84. The number of hydrogen-bond acceptors (Lipinski definition) is 4. The summed E-state index contributed by atoms with van der Waals surface area (Å²) >= 11 is 0. The van der Waals surface area contributed by atoms with E-state index in [0.717, 1.165) is 58.2 Å². The van der Waals surface area contributed by atoms with Crippen LogP contribution in [-0.4, -0.2) is 55.7 Å². The molecule has 0 aliphatic carbocycles. The third-order valence-electron chi connectivity index (χ3n) is 4.11.